The second-order valence-corrected chi connectivity index (χ2v) is 3.85. The van der Waals surface area contributed by atoms with Gasteiger partial charge in [0.15, 0.2) is 6.10 Å². The zero-order valence-electron chi connectivity index (χ0n) is 9.44. The maximum absolute atomic E-state index is 11.5. The fraction of sp³-hybridized carbons (Fsp3) is 0.333. The van der Waals surface area contributed by atoms with E-state index in [-0.39, 0.29) is 12.3 Å². The number of nitriles is 1. The highest BCUT2D eigenvalue weighted by atomic mass is 35.5. The highest BCUT2D eigenvalue weighted by molar-refractivity contribution is 6.30. The molecule has 0 heterocycles. The van der Waals surface area contributed by atoms with E-state index in [4.69, 9.17) is 21.6 Å². The molecule has 1 rings (SSSR count). The summed E-state index contributed by atoms with van der Waals surface area (Å²) in [5.74, 6) is 0.292. The predicted molar refractivity (Wildman–Crippen MR) is 64.8 cm³/mol. The van der Waals surface area contributed by atoms with Crippen molar-refractivity contribution in [3.63, 3.8) is 0 Å². The van der Waals surface area contributed by atoms with Crippen molar-refractivity contribution in [2.24, 2.45) is 0 Å². The number of halogens is 1. The molecular weight excluding hydrogens is 240 g/mol. The Labute approximate surface area is 105 Å². The van der Waals surface area contributed by atoms with Crippen LogP contribution in [0.4, 0.5) is 0 Å². The summed E-state index contributed by atoms with van der Waals surface area (Å²) in [5.41, 5.74) is 0. The average molecular weight is 253 g/mol. The molecular formula is C12H13ClN2O2. The maximum Gasteiger partial charge on any atom is 0.260 e. The molecule has 0 radical (unpaired) electrons. The van der Waals surface area contributed by atoms with Gasteiger partial charge in [0.25, 0.3) is 5.91 Å². The van der Waals surface area contributed by atoms with Crippen LogP contribution in [-0.4, -0.2) is 18.6 Å². The third-order valence-corrected chi connectivity index (χ3v) is 2.25. The SMILES string of the molecule is CC(Oc1cccc(Cl)c1)C(=O)NCCC#N. The zero-order chi connectivity index (χ0) is 12.7. The zero-order valence-corrected chi connectivity index (χ0v) is 10.2. The van der Waals surface area contributed by atoms with Crippen molar-refractivity contribution in [1.82, 2.24) is 5.32 Å². The average Bonchev–Trinajstić information content (AvgIpc) is 2.29. The Bertz CT molecular complexity index is 429. The quantitative estimate of drug-likeness (QED) is 0.817. The molecule has 0 aromatic heterocycles. The third-order valence-electron chi connectivity index (χ3n) is 2.01. The number of nitrogens with zero attached hydrogens (tertiary/aromatic N) is 1. The van der Waals surface area contributed by atoms with Gasteiger partial charge in [0.1, 0.15) is 5.75 Å². The van der Waals surface area contributed by atoms with Gasteiger partial charge in [0.2, 0.25) is 0 Å². The Morgan fingerprint density at radius 1 is 1.65 bits per heavy atom. The molecule has 1 aromatic rings. The summed E-state index contributed by atoms with van der Waals surface area (Å²) in [6, 6.07) is 8.79. The van der Waals surface area contributed by atoms with Crippen LogP contribution in [0, 0.1) is 11.3 Å². The van der Waals surface area contributed by atoms with E-state index in [1.54, 1.807) is 31.2 Å². The van der Waals surface area contributed by atoms with Crippen molar-refractivity contribution < 1.29 is 9.53 Å². The smallest absolute Gasteiger partial charge is 0.260 e. The predicted octanol–water partition coefficient (Wildman–Crippen LogP) is 2.14. The molecule has 1 aromatic carbocycles. The Balaban J connectivity index is 2.46. The number of hydrogen-bond donors (Lipinski definition) is 1. The molecule has 0 fully saturated rings. The number of benzene rings is 1. The lowest BCUT2D eigenvalue weighted by atomic mass is 10.3. The molecule has 0 aliphatic heterocycles. The summed E-state index contributed by atoms with van der Waals surface area (Å²) in [6.45, 7) is 1.97. The summed E-state index contributed by atoms with van der Waals surface area (Å²) in [5, 5.41) is 11.5. The molecule has 0 aliphatic carbocycles. The molecule has 0 aliphatic rings. The first kappa shape index (κ1) is 13.3. The molecule has 4 nitrogen and oxygen atoms in total. The second kappa shape index (κ2) is 6.77. The van der Waals surface area contributed by atoms with E-state index < -0.39 is 6.10 Å². The van der Waals surface area contributed by atoms with Crippen LogP contribution in [0.1, 0.15) is 13.3 Å². The Morgan fingerprint density at radius 2 is 2.41 bits per heavy atom. The second-order valence-electron chi connectivity index (χ2n) is 3.42. The molecule has 0 spiro atoms. The Morgan fingerprint density at radius 3 is 3.06 bits per heavy atom. The number of amides is 1. The first-order chi connectivity index (χ1) is 8.13. The number of rotatable bonds is 5. The minimum Gasteiger partial charge on any atom is -0.481 e. The minimum atomic E-state index is -0.618. The van der Waals surface area contributed by atoms with Crippen molar-refractivity contribution in [2.75, 3.05) is 6.54 Å². The number of ether oxygens (including phenoxy) is 1. The van der Waals surface area contributed by atoms with E-state index in [1.165, 1.54) is 0 Å². The highest BCUT2D eigenvalue weighted by Gasteiger charge is 2.13. The molecule has 1 amide bonds. The van der Waals surface area contributed by atoms with Gasteiger partial charge < -0.3 is 10.1 Å². The molecule has 1 N–H and O–H groups in total. The van der Waals surface area contributed by atoms with Crippen molar-refractivity contribution in [1.29, 1.82) is 5.26 Å². The van der Waals surface area contributed by atoms with E-state index in [0.717, 1.165) is 0 Å². The van der Waals surface area contributed by atoms with Gasteiger partial charge in [-0.2, -0.15) is 5.26 Å². The van der Waals surface area contributed by atoms with Gasteiger partial charge in [-0.1, -0.05) is 17.7 Å². The molecule has 0 saturated heterocycles. The molecule has 5 heteroatoms. The first-order valence-corrected chi connectivity index (χ1v) is 5.58. The lowest BCUT2D eigenvalue weighted by molar-refractivity contribution is -0.127. The lowest BCUT2D eigenvalue weighted by Gasteiger charge is -2.14. The summed E-state index contributed by atoms with van der Waals surface area (Å²) < 4.78 is 5.41. The van der Waals surface area contributed by atoms with Crippen LogP contribution in [0.3, 0.4) is 0 Å². The Kier molecular flexibility index (Phi) is 5.31. The van der Waals surface area contributed by atoms with E-state index in [2.05, 4.69) is 5.32 Å². The minimum absolute atomic E-state index is 0.250. The van der Waals surface area contributed by atoms with Crippen LogP contribution >= 0.6 is 11.6 Å². The molecule has 17 heavy (non-hydrogen) atoms. The first-order valence-electron chi connectivity index (χ1n) is 5.20. The number of hydrogen-bond acceptors (Lipinski definition) is 3. The van der Waals surface area contributed by atoms with Crippen LogP contribution < -0.4 is 10.1 Å². The normalized spacial score (nSPS) is 11.4. The van der Waals surface area contributed by atoms with E-state index >= 15 is 0 Å². The summed E-state index contributed by atoms with van der Waals surface area (Å²) >= 11 is 5.79. The van der Waals surface area contributed by atoms with Crippen LogP contribution in [0.5, 0.6) is 5.75 Å². The van der Waals surface area contributed by atoms with E-state index in [9.17, 15) is 4.79 Å². The lowest BCUT2D eigenvalue weighted by Crippen LogP contribution is -2.36. The van der Waals surface area contributed by atoms with Crippen LogP contribution in [0.25, 0.3) is 0 Å². The van der Waals surface area contributed by atoms with Crippen molar-refractivity contribution in [3.05, 3.63) is 29.3 Å². The van der Waals surface area contributed by atoms with Crippen molar-refractivity contribution in [3.8, 4) is 11.8 Å². The van der Waals surface area contributed by atoms with Crippen LogP contribution in [0.15, 0.2) is 24.3 Å². The highest BCUT2D eigenvalue weighted by Crippen LogP contribution is 2.18. The standard InChI is InChI=1S/C12H13ClN2O2/c1-9(12(16)15-7-3-6-14)17-11-5-2-4-10(13)8-11/h2,4-5,8-9H,3,7H2,1H3,(H,15,16). The number of nitrogens with one attached hydrogen (secondary N) is 1. The van der Waals surface area contributed by atoms with Gasteiger partial charge in [0, 0.05) is 11.6 Å². The third kappa shape index (κ3) is 4.75. The summed E-state index contributed by atoms with van der Waals surface area (Å²) in [7, 11) is 0. The molecule has 90 valence electrons. The topological polar surface area (TPSA) is 62.1 Å². The van der Waals surface area contributed by atoms with Gasteiger partial charge >= 0.3 is 0 Å². The number of carbonyl (C=O) groups excluding carboxylic acids is 1. The van der Waals surface area contributed by atoms with Gasteiger partial charge in [-0.15, -0.1) is 0 Å². The molecule has 0 saturated carbocycles. The van der Waals surface area contributed by atoms with Crippen molar-refractivity contribution in [2.45, 2.75) is 19.4 Å². The largest absolute Gasteiger partial charge is 0.481 e. The number of carbonyl (C=O) groups is 1. The Hall–Kier alpha value is -1.73. The van der Waals surface area contributed by atoms with Crippen molar-refractivity contribution >= 4 is 17.5 Å². The fourth-order valence-corrected chi connectivity index (χ4v) is 1.36. The molecule has 1 atom stereocenters. The summed E-state index contributed by atoms with van der Waals surface area (Å²) in [4.78, 5) is 11.5. The van der Waals surface area contributed by atoms with Gasteiger partial charge in [-0.3, -0.25) is 4.79 Å². The summed E-state index contributed by atoms with van der Waals surface area (Å²) in [6.07, 6.45) is -0.331. The monoisotopic (exact) mass is 252 g/mol. The van der Waals surface area contributed by atoms with Crippen LogP contribution in [0.2, 0.25) is 5.02 Å². The fourth-order valence-electron chi connectivity index (χ4n) is 1.18. The van der Waals surface area contributed by atoms with Crippen LogP contribution in [-0.2, 0) is 4.79 Å². The molecule has 0 bridgehead atoms. The molecule has 1 unspecified atom stereocenters. The van der Waals surface area contributed by atoms with Gasteiger partial charge in [-0.05, 0) is 25.1 Å². The van der Waals surface area contributed by atoms with Gasteiger partial charge in [-0.25, -0.2) is 0 Å². The maximum atomic E-state index is 11.5. The van der Waals surface area contributed by atoms with E-state index in [0.29, 0.717) is 17.3 Å². The van der Waals surface area contributed by atoms with Gasteiger partial charge in [0.05, 0.1) is 12.5 Å². The van der Waals surface area contributed by atoms with E-state index in [1.807, 2.05) is 6.07 Å².